The first-order valence-electron chi connectivity index (χ1n) is 4.21. The Bertz CT molecular complexity index is 467. The van der Waals surface area contributed by atoms with Gasteiger partial charge in [0.15, 0.2) is 11.6 Å². The van der Waals surface area contributed by atoms with Gasteiger partial charge in [-0.05, 0) is 11.6 Å². The van der Waals surface area contributed by atoms with Crippen LogP contribution in [0.5, 0.6) is 0 Å². The number of rotatable bonds is 3. The first-order chi connectivity index (χ1) is 7.58. The number of benzene rings is 1. The Hall–Kier alpha value is -2.07. The zero-order valence-corrected chi connectivity index (χ0v) is 8.29. The molecule has 0 radical (unpaired) electrons. The molecule has 0 bridgehead atoms. The minimum absolute atomic E-state index is 0.0640. The molecule has 1 rings (SSSR count). The largest absolute Gasteiger partial charge is 0.469 e. The molecule has 1 aromatic rings. The number of hydrogen-bond donors (Lipinski definition) is 0. The summed E-state index contributed by atoms with van der Waals surface area (Å²) in [5, 5.41) is 0. The molecule has 84 valence electrons. The second-order valence-corrected chi connectivity index (χ2v) is 2.85. The summed E-state index contributed by atoms with van der Waals surface area (Å²) in [7, 11) is 1.16. The summed E-state index contributed by atoms with van der Waals surface area (Å²) in [4.78, 5) is 24.2. The van der Waals surface area contributed by atoms with Gasteiger partial charge >= 0.3 is 5.97 Å². The molecule has 0 aliphatic rings. The monoisotopic (exact) mass is 227 g/mol. The topological polar surface area (TPSA) is 55.7 Å². The van der Waals surface area contributed by atoms with Crippen LogP contribution in [0.3, 0.4) is 0 Å². The summed E-state index contributed by atoms with van der Waals surface area (Å²) in [6.07, 6.45) is 0.899. The molecular formula is C10H7F2NO3. The van der Waals surface area contributed by atoms with Crippen LogP contribution < -0.4 is 0 Å². The van der Waals surface area contributed by atoms with E-state index in [4.69, 9.17) is 0 Å². The van der Waals surface area contributed by atoms with Crippen molar-refractivity contribution < 1.29 is 23.1 Å². The average molecular weight is 227 g/mol. The molecule has 0 atom stereocenters. The molecule has 1 aromatic carbocycles. The molecule has 6 heteroatoms. The minimum Gasteiger partial charge on any atom is -0.469 e. The molecule has 0 spiro atoms. The fourth-order valence-electron chi connectivity index (χ4n) is 1.10. The molecule has 0 heterocycles. The Labute approximate surface area is 89.6 Å². The first kappa shape index (κ1) is 12.0. The molecule has 4 nitrogen and oxygen atoms in total. The third-order valence-corrected chi connectivity index (χ3v) is 1.85. The van der Waals surface area contributed by atoms with Crippen LogP contribution in [0.15, 0.2) is 17.1 Å². The highest BCUT2D eigenvalue weighted by Crippen LogP contribution is 2.23. The van der Waals surface area contributed by atoms with Gasteiger partial charge in [-0.2, -0.15) is 4.99 Å². The summed E-state index contributed by atoms with van der Waals surface area (Å²) in [6.45, 7) is 0. The number of carbonyl (C=O) groups is 1. The molecule has 0 N–H and O–H groups in total. The molecule has 0 saturated carbocycles. The molecule has 0 amide bonds. The molecule has 0 aliphatic heterocycles. The zero-order valence-electron chi connectivity index (χ0n) is 8.29. The van der Waals surface area contributed by atoms with Gasteiger partial charge in [0.05, 0.1) is 19.2 Å². The van der Waals surface area contributed by atoms with Gasteiger partial charge in [-0.25, -0.2) is 13.6 Å². The molecule has 0 fully saturated rings. The Morgan fingerprint density at radius 1 is 1.44 bits per heavy atom. The number of carbonyl (C=O) groups excluding carboxylic acids is 2. The third-order valence-electron chi connectivity index (χ3n) is 1.85. The number of ether oxygens (including phenoxy) is 1. The number of halogens is 2. The quantitative estimate of drug-likeness (QED) is 0.448. The van der Waals surface area contributed by atoms with E-state index >= 15 is 0 Å². The Morgan fingerprint density at radius 3 is 2.62 bits per heavy atom. The van der Waals surface area contributed by atoms with Crippen molar-refractivity contribution in [3.8, 4) is 0 Å². The fraction of sp³-hybridized carbons (Fsp3) is 0.200. The van der Waals surface area contributed by atoms with Crippen molar-refractivity contribution in [2.75, 3.05) is 7.11 Å². The smallest absolute Gasteiger partial charge is 0.310 e. The van der Waals surface area contributed by atoms with E-state index < -0.39 is 17.6 Å². The molecule has 0 saturated heterocycles. The maximum atomic E-state index is 12.9. The summed E-state index contributed by atoms with van der Waals surface area (Å²) >= 11 is 0. The van der Waals surface area contributed by atoms with Crippen molar-refractivity contribution in [2.24, 2.45) is 4.99 Å². The van der Waals surface area contributed by atoms with Gasteiger partial charge < -0.3 is 4.74 Å². The number of hydrogen-bond acceptors (Lipinski definition) is 4. The lowest BCUT2D eigenvalue weighted by Gasteiger charge is -2.04. The minimum atomic E-state index is -1.15. The van der Waals surface area contributed by atoms with E-state index in [2.05, 4.69) is 9.73 Å². The number of methoxy groups -OCH3 is 1. The molecular weight excluding hydrogens is 220 g/mol. The Balaban J connectivity index is 3.19. The van der Waals surface area contributed by atoms with Crippen LogP contribution in [0.1, 0.15) is 5.56 Å². The van der Waals surface area contributed by atoms with E-state index in [1.54, 1.807) is 0 Å². The molecule has 0 unspecified atom stereocenters. The highest BCUT2D eigenvalue weighted by Gasteiger charge is 2.13. The molecule has 0 aromatic heterocycles. The van der Waals surface area contributed by atoms with Crippen molar-refractivity contribution in [3.05, 3.63) is 29.3 Å². The lowest BCUT2D eigenvalue weighted by Crippen LogP contribution is -2.05. The van der Waals surface area contributed by atoms with Gasteiger partial charge in [0, 0.05) is 6.07 Å². The van der Waals surface area contributed by atoms with Crippen LogP contribution in [0.4, 0.5) is 14.5 Å². The van der Waals surface area contributed by atoms with E-state index in [0.717, 1.165) is 19.2 Å². The first-order valence-corrected chi connectivity index (χ1v) is 4.21. The van der Waals surface area contributed by atoms with Crippen molar-refractivity contribution in [2.45, 2.75) is 6.42 Å². The SMILES string of the molecule is COC(=O)Cc1cc(F)c(F)cc1N=C=O. The maximum absolute atomic E-state index is 12.9. The van der Waals surface area contributed by atoms with E-state index in [1.807, 2.05) is 0 Å². The summed E-state index contributed by atoms with van der Waals surface area (Å²) in [5.41, 5.74) is -0.0756. The normalized spacial score (nSPS) is 9.44. The summed E-state index contributed by atoms with van der Waals surface area (Å²) < 4.78 is 30.1. The predicted octanol–water partition coefficient (Wildman–Crippen LogP) is 1.65. The summed E-state index contributed by atoms with van der Waals surface area (Å²) in [5.74, 6) is -2.92. The second kappa shape index (κ2) is 5.14. The summed E-state index contributed by atoms with van der Waals surface area (Å²) in [6, 6.07) is 1.51. The number of aliphatic imine (C=N–C) groups is 1. The lowest BCUT2D eigenvalue weighted by molar-refractivity contribution is -0.139. The number of isocyanates is 1. The van der Waals surface area contributed by atoms with E-state index in [-0.39, 0.29) is 17.7 Å². The highest BCUT2D eigenvalue weighted by molar-refractivity contribution is 5.75. The second-order valence-electron chi connectivity index (χ2n) is 2.85. The average Bonchev–Trinajstić information content (AvgIpc) is 2.25. The fourth-order valence-corrected chi connectivity index (χ4v) is 1.10. The van der Waals surface area contributed by atoms with Crippen LogP contribution in [-0.2, 0) is 20.7 Å². The Morgan fingerprint density at radius 2 is 2.06 bits per heavy atom. The van der Waals surface area contributed by atoms with Crippen molar-refractivity contribution in [3.63, 3.8) is 0 Å². The Kier molecular flexibility index (Phi) is 3.85. The van der Waals surface area contributed by atoms with E-state index in [1.165, 1.54) is 6.08 Å². The van der Waals surface area contributed by atoms with E-state index in [9.17, 15) is 18.4 Å². The van der Waals surface area contributed by atoms with Crippen LogP contribution in [0, 0.1) is 11.6 Å². The van der Waals surface area contributed by atoms with Gasteiger partial charge in [0.2, 0.25) is 6.08 Å². The maximum Gasteiger partial charge on any atom is 0.310 e. The standard InChI is InChI=1S/C10H7F2NO3/c1-16-10(15)3-6-2-7(11)8(12)4-9(6)13-5-14/h2,4H,3H2,1H3. The van der Waals surface area contributed by atoms with Gasteiger partial charge in [-0.15, -0.1) is 0 Å². The third kappa shape index (κ3) is 2.71. The van der Waals surface area contributed by atoms with Gasteiger partial charge in [0.25, 0.3) is 0 Å². The van der Waals surface area contributed by atoms with E-state index in [0.29, 0.717) is 0 Å². The molecule has 0 aliphatic carbocycles. The highest BCUT2D eigenvalue weighted by atomic mass is 19.2. The van der Waals surface area contributed by atoms with Crippen molar-refractivity contribution in [1.82, 2.24) is 0 Å². The number of esters is 1. The molecule has 16 heavy (non-hydrogen) atoms. The van der Waals surface area contributed by atoms with Crippen LogP contribution in [-0.4, -0.2) is 19.2 Å². The van der Waals surface area contributed by atoms with Crippen LogP contribution >= 0.6 is 0 Å². The van der Waals surface area contributed by atoms with Crippen molar-refractivity contribution in [1.29, 1.82) is 0 Å². The van der Waals surface area contributed by atoms with Gasteiger partial charge in [-0.3, -0.25) is 4.79 Å². The predicted molar refractivity (Wildman–Crippen MR) is 49.9 cm³/mol. The van der Waals surface area contributed by atoms with Gasteiger partial charge in [0.1, 0.15) is 0 Å². The number of nitrogens with zero attached hydrogens (tertiary/aromatic N) is 1. The van der Waals surface area contributed by atoms with Crippen LogP contribution in [0.25, 0.3) is 0 Å². The van der Waals surface area contributed by atoms with Crippen molar-refractivity contribution >= 4 is 17.7 Å². The van der Waals surface area contributed by atoms with Gasteiger partial charge in [-0.1, -0.05) is 0 Å². The zero-order chi connectivity index (χ0) is 12.1. The van der Waals surface area contributed by atoms with Crippen LogP contribution in [0.2, 0.25) is 0 Å². The lowest BCUT2D eigenvalue weighted by atomic mass is 10.1.